The summed E-state index contributed by atoms with van der Waals surface area (Å²) in [6.07, 6.45) is 9.24. The fourth-order valence-electron chi connectivity index (χ4n) is 5.03. The Labute approximate surface area is 426 Å². The van der Waals surface area contributed by atoms with Gasteiger partial charge < -0.3 is 44.6 Å². The number of amides is 1. The summed E-state index contributed by atoms with van der Waals surface area (Å²) in [5, 5.41) is 42.0. The lowest BCUT2D eigenvalue weighted by molar-refractivity contribution is -0.894. The summed E-state index contributed by atoms with van der Waals surface area (Å²) in [6, 6.07) is -1.42. The first-order valence-electron chi connectivity index (χ1n) is 21.8. The van der Waals surface area contributed by atoms with Gasteiger partial charge in [0.1, 0.15) is 12.2 Å². The molecule has 65 heavy (non-hydrogen) atoms. The summed E-state index contributed by atoms with van der Waals surface area (Å²) in [5.74, 6) is 57.8. The van der Waals surface area contributed by atoms with Gasteiger partial charge in [0.05, 0.1) is 51.6 Å². The molecule has 0 fully saturated rings. The maximum absolute atomic E-state index is 12.5. The maximum Gasteiger partial charge on any atom is 0.297 e. The van der Waals surface area contributed by atoms with Gasteiger partial charge in [-0.15, -0.1) is 0 Å². The van der Waals surface area contributed by atoms with Gasteiger partial charge in [0.25, 0.3) is 13.7 Å². The lowest BCUT2D eigenvalue weighted by Gasteiger charge is -2.30. The van der Waals surface area contributed by atoms with E-state index >= 15 is 0 Å². The molecule has 1 amide bonds. The average Bonchev–Trinajstić information content (AvgIpc) is 3.30. The predicted molar refractivity (Wildman–Crippen MR) is 305 cm³/mol. The number of quaternary nitrogens is 1. The molecular formula is C53H111N2O9P. The SMILES string of the molecule is CC#CC#CC#CC#CC#CC#CC#CC#CC#CC#CC#CC#CC(=O)N[C@@H](COP(=O)([O-])OC[C@H](O)CO)[C@H](O)[C@H](O)CCCCCCCCCCCCCC.CC[NH+](CC)CC.[HH].[HH].[HH].[HH].[HH].[HH].[HH].[HH].[HH].[HH].[HH].[HH].[HH].[HH].[HH].[HH].[HH].[HH].[HH].[HH].[HH].[HH].[HH].[HH]. The molecule has 0 rings (SSSR count). The topological polar surface area (TPSA) is 173 Å². The van der Waals surface area contributed by atoms with Gasteiger partial charge in [-0.25, -0.2) is 0 Å². The number of hydrogen-bond donors (Lipinski definition) is 6. The zero-order chi connectivity index (χ0) is 48.5. The van der Waals surface area contributed by atoms with E-state index in [0.29, 0.717) is 6.42 Å². The summed E-state index contributed by atoms with van der Waals surface area (Å²) in [5.41, 5.74) is 0. The van der Waals surface area contributed by atoms with Gasteiger partial charge >= 0.3 is 0 Å². The Bertz CT molecular complexity index is 2300. The van der Waals surface area contributed by atoms with Gasteiger partial charge in [-0.3, -0.25) is 9.36 Å². The predicted octanol–water partition coefficient (Wildman–Crippen LogP) is 8.03. The van der Waals surface area contributed by atoms with Crippen molar-refractivity contribution in [3.63, 3.8) is 0 Å². The average molecular weight is 951 g/mol. The van der Waals surface area contributed by atoms with Crippen LogP contribution in [-0.4, -0.2) is 90.1 Å². The Morgan fingerprint density at radius 3 is 1.29 bits per heavy atom. The Morgan fingerprint density at radius 1 is 0.585 bits per heavy atom. The van der Waals surface area contributed by atoms with Crippen LogP contribution in [0.15, 0.2) is 0 Å². The standard InChI is InChI=1S/C47H48NO9P.C6H15N.24H2/c1-3-5-7-9-11-13-15-17-18-19-20-21-22-23-24-25-26-27-29-31-33-35-37-39-46(52)48-44(42-57-58(54,55)56-41-43(50)40-49)47(53)45(51)38-36-34-32-30-28-16-14-12-10-8-6-4-2;1-4-7(5-2)6-3;;;;;;;;;;;;;;;;;;;;;;;;/h43-45,47,49-51,53H,4,6,8,10,12,14,16,28,30,32,34,36,38,40-42H2,1-2H3,(H,48,52)(H,54,55);4-6H2,1-3H3;24*1H/t43-,44+,45-,47+;;;;;;;;;;;;;;;;;;;;;;;;;/m1........................./s1. The van der Waals surface area contributed by atoms with E-state index < -0.39 is 57.9 Å². The second-order valence-electron chi connectivity index (χ2n) is 13.6. The molecule has 0 saturated carbocycles. The number of hydrogen-bond acceptors (Lipinski definition) is 9. The minimum Gasteiger partial charge on any atom is -0.756 e. The van der Waals surface area contributed by atoms with E-state index in [9.17, 15) is 29.6 Å². The third-order valence-electron chi connectivity index (χ3n) is 8.64. The number of phosphoric acid groups is 1. The van der Waals surface area contributed by atoms with Crippen LogP contribution in [0.4, 0.5) is 0 Å². The summed E-state index contributed by atoms with van der Waals surface area (Å²) in [6.45, 7) is 12.0. The van der Waals surface area contributed by atoms with Crippen LogP contribution in [0.1, 0.15) is 152 Å². The van der Waals surface area contributed by atoms with E-state index in [0.717, 1.165) is 25.7 Å². The molecule has 6 N–H and O–H groups in total. The summed E-state index contributed by atoms with van der Waals surface area (Å²) >= 11 is 0. The first-order chi connectivity index (χ1) is 31.5. The highest BCUT2D eigenvalue weighted by molar-refractivity contribution is 7.45. The Hall–Kier alpha value is -5.90. The van der Waals surface area contributed by atoms with Gasteiger partial charge in [-0.1, -0.05) is 89.9 Å². The molecule has 5 atom stereocenters. The fourth-order valence-corrected chi connectivity index (χ4v) is 5.80. The molecule has 0 radical (unpaired) electrons. The third kappa shape index (κ3) is 43.1. The molecule has 0 aromatic heterocycles. The van der Waals surface area contributed by atoms with Crippen molar-refractivity contribution in [1.29, 1.82) is 0 Å². The molecule has 0 bridgehead atoms. The van der Waals surface area contributed by atoms with Crippen LogP contribution in [0, 0.1) is 142 Å². The lowest BCUT2D eigenvalue weighted by atomic mass is 9.99. The number of nitrogens with one attached hydrogen (secondary N) is 2. The number of carbonyl (C=O) groups excluding carboxylic acids is 1. The fraction of sp³-hybridized carbons (Fsp3) is 0.528. The summed E-state index contributed by atoms with van der Waals surface area (Å²) in [4.78, 5) is 26.3. The van der Waals surface area contributed by atoms with Gasteiger partial charge in [0.15, 0.2) is 0 Å². The molecule has 0 aromatic rings. The molecule has 0 aliphatic carbocycles. The van der Waals surface area contributed by atoms with Crippen LogP contribution in [0.25, 0.3) is 0 Å². The normalized spacial score (nSPS) is 11.5. The monoisotopic (exact) mass is 951 g/mol. The molecule has 0 heterocycles. The first kappa shape index (κ1) is 61.2. The largest absolute Gasteiger partial charge is 0.756 e. The molecule has 0 aliphatic rings. The van der Waals surface area contributed by atoms with E-state index in [1.807, 2.05) is 0 Å². The Morgan fingerprint density at radius 2 is 0.938 bits per heavy atom. The van der Waals surface area contributed by atoms with Crippen molar-refractivity contribution in [2.24, 2.45) is 0 Å². The molecule has 12 heteroatoms. The van der Waals surface area contributed by atoms with Gasteiger partial charge in [-0.2, -0.15) is 0 Å². The molecule has 11 nitrogen and oxygen atoms in total. The van der Waals surface area contributed by atoms with E-state index in [-0.39, 0.29) is 40.7 Å². The van der Waals surface area contributed by atoms with Crippen LogP contribution in [0.2, 0.25) is 0 Å². The van der Waals surface area contributed by atoms with Crippen molar-refractivity contribution in [2.45, 2.75) is 142 Å². The van der Waals surface area contributed by atoms with E-state index in [1.54, 1.807) is 11.8 Å². The van der Waals surface area contributed by atoms with Gasteiger partial charge in [-0.05, 0) is 129 Å². The van der Waals surface area contributed by atoms with Gasteiger partial charge in [0.2, 0.25) is 0 Å². The highest BCUT2D eigenvalue weighted by Gasteiger charge is 2.29. The van der Waals surface area contributed by atoms with Crippen LogP contribution in [0.5, 0.6) is 0 Å². The lowest BCUT2D eigenvalue weighted by Crippen LogP contribution is -3.11. The van der Waals surface area contributed by atoms with E-state index in [4.69, 9.17) is 9.63 Å². The number of phosphoric ester groups is 1. The summed E-state index contributed by atoms with van der Waals surface area (Å²) < 4.78 is 21.4. The van der Waals surface area contributed by atoms with E-state index in [1.165, 1.54) is 64.6 Å². The minimum atomic E-state index is -5.02. The summed E-state index contributed by atoms with van der Waals surface area (Å²) in [7, 11) is -5.02. The molecular weight excluding hydrogens is 840 g/mol. The van der Waals surface area contributed by atoms with Crippen molar-refractivity contribution >= 4 is 13.7 Å². The molecule has 1 unspecified atom stereocenters. The number of unbranched alkanes of at least 4 members (excludes halogenated alkanes) is 11. The first-order valence-corrected chi connectivity index (χ1v) is 23.3. The maximum atomic E-state index is 12.5. The molecule has 0 spiro atoms. The molecule has 0 aliphatic heterocycles. The number of aliphatic hydroxyl groups is 4. The Balaban J connectivity index is -0.0000000502. The van der Waals surface area contributed by atoms with E-state index in [2.05, 4.69) is 180 Å². The molecule has 0 aromatic carbocycles. The van der Waals surface area contributed by atoms with Crippen molar-refractivity contribution in [3.05, 3.63) is 0 Å². The highest BCUT2D eigenvalue weighted by Crippen LogP contribution is 2.38. The van der Waals surface area contributed by atoms with Gasteiger partial charge in [0, 0.05) is 75.7 Å². The second kappa shape index (κ2) is 46.1. The molecule has 392 valence electrons. The quantitative estimate of drug-likeness (QED) is 0.0285. The Kier molecular flexibility index (Phi) is 43.4. The molecule has 0 saturated heterocycles. The van der Waals surface area contributed by atoms with Crippen LogP contribution < -0.4 is 15.1 Å². The van der Waals surface area contributed by atoms with Crippen molar-refractivity contribution in [1.82, 2.24) is 5.32 Å². The number of carbonyl (C=O) groups is 1. The van der Waals surface area contributed by atoms with Crippen LogP contribution >= 0.6 is 7.82 Å². The number of rotatable bonds is 26. The van der Waals surface area contributed by atoms with Crippen molar-refractivity contribution in [2.75, 3.05) is 39.5 Å². The zero-order valence-corrected chi connectivity index (χ0v) is 39.4. The smallest absolute Gasteiger partial charge is 0.297 e. The highest BCUT2D eigenvalue weighted by atomic mass is 31.2. The van der Waals surface area contributed by atoms with Crippen molar-refractivity contribution < 1.29 is 82.9 Å². The zero-order valence-electron chi connectivity index (χ0n) is 38.5. The van der Waals surface area contributed by atoms with Crippen LogP contribution in [0.3, 0.4) is 0 Å². The van der Waals surface area contributed by atoms with Crippen LogP contribution in [-0.2, 0) is 18.4 Å². The number of aliphatic hydroxyl groups excluding tert-OH is 4. The minimum absolute atomic E-state index is 0. The third-order valence-corrected chi connectivity index (χ3v) is 9.57. The van der Waals surface area contributed by atoms with Crippen molar-refractivity contribution in [3.8, 4) is 142 Å². The second-order valence-corrected chi connectivity index (χ2v) is 15.0.